The first-order valence-electron chi connectivity index (χ1n) is 6.49. The van der Waals surface area contributed by atoms with Crippen LogP contribution in [-0.2, 0) is 4.74 Å². The van der Waals surface area contributed by atoms with Gasteiger partial charge in [0.05, 0.1) is 6.61 Å². The molecule has 0 atom stereocenters. The number of allylic oxidation sites excluding steroid dienone is 5. The van der Waals surface area contributed by atoms with Gasteiger partial charge in [0.1, 0.15) is 0 Å². The summed E-state index contributed by atoms with van der Waals surface area (Å²) in [6.45, 7) is 9.44. The average molecular weight is 236 g/mol. The molecule has 0 aliphatic heterocycles. The van der Waals surface area contributed by atoms with Gasteiger partial charge in [-0.3, -0.25) is 0 Å². The second-order valence-corrected chi connectivity index (χ2v) is 4.92. The van der Waals surface area contributed by atoms with Crippen molar-refractivity contribution >= 4 is 0 Å². The molecule has 0 aliphatic carbocycles. The van der Waals surface area contributed by atoms with Gasteiger partial charge in [0.15, 0.2) is 0 Å². The van der Waals surface area contributed by atoms with Crippen molar-refractivity contribution in [2.75, 3.05) is 13.7 Å². The van der Waals surface area contributed by atoms with E-state index in [9.17, 15) is 0 Å². The summed E-state index contributed by atoms with van der Waals surface area (Å²) < 4.78 is 5.02. The van der Waals surface area contributed by atoms with Crippen molar-refractivity contribution in [2.45, 2.75) is 53.4 Å². The first-order valence-corrected chi connectivity index (χ1v) is 6.49. The Morgan fingerprint density at radius 3 is 1.88 bits per heavy atom. The van der Waals surface area contributed by atoms with E-state index in [1.165, 1.54) is 29.6 Å². The summed E-state index contributed by atoms with van der Waals surface area (Å²) >= 11 is 0. The van der Waals surface area contributed by atoms with Crippen LogP contribution in [0.1, 0.15) is 53.4 Å². The molecule has 0 fully saturated rings. The maximum Gasteiger partial charge on any atom is 0.0646 e. The molecule has 0 rings (SSSR count). The third-order valence-electron chi connectivity index (χ3n) is 2.72. The van der Waals surface area contributed by atoms with Gasteiger partial charge < -0.3 is 4.74 Å². The van der Waals surface area contributed by atoms with E-state index in [-0.39, 0.29) is 0 Å². The van der Waals surface area contributed by atoms with Gasteiger partial charge in [-0.1, -0.05) is 34.9 Å². The van der Waals surface area contributed by atoms with E-state index in [0.717, 1.165) is 19.4 Å². The van der Waals surface area contributed by atoms with Gasteiger partial charge in [0, 0.05) is 7.11 Å². The minimum absolute atomic E-state index is 0.731. The summed E-state index contributed by atoms with van der Waals surface area (Å²) in [5.41, 5.74) is 4.33. The lowest BCUT2D eigenvalue weighted by Gasteiger charge is -2.01. The molecule has 0 aromatic carbocycles. The fourth-order valence-corrected chi connectivity index (χ4v) is 1.56. The molecule has 0 saturated carbocycles. The Morgan fingerprint density at radius 2 is 1.35 bits per heavy atom. The third-order valence-corrected chi connectivity index (χ3v) is 2.72. The Labute approximate surface area is 107 Å². The van der Waals surface area contributed by atoms with Crippen molar-refractivity contribution < 1.29 is 4.74 Å². The standard InChI is InChI=1S/C16H28O/c1-14(2)8-6-9-15(3)10-7-11-16(4)12-13-17-5/h8,10,12H,6-7,9,11,13H2,1-5H3. The van der Waals surface area contributed by atoms with Gasteiger partial charge >= 0.3 is 0 Å². The Hall–Kier alpha value is -0.820. The summed E-state index contributed by atoms with van der Waals surface area (Å²) in [5.74, 6) is 0. The number of ether oxygens (including phenoxy) is 1. The van der Waals surface area contributed by atoms with Crippen molar-refractivity contribution in [3.8, 4) is 0 Å². The van der Waals surface area contributed by atoms with Crippen molar-refractivity contribution in [2.24, 2.45) is 0 Å². The molecule has 1 heteroatoms. The zero-order valence-electron chi connectivity index (χ0n) is 12.2. The van der Waals surface area contributed by atoms with Gasteiger partial charge in [-0.25, -0.2) is 0 Å². The van der Waals surface area contributed by atoms with Gasteiger partial charge in [-0.15, -0.1) is 0 Å². The second kappa shape index (κ2) is 10.3. The normalized spacial score (nSPS) is 12.8. The molecule has 0 N–H and O–H groups in total. The minimum atomic E-state index is 0.731. The molecule has 0 spiro atoms. The second-order valence-electron chi connectivity index (χ2n) is 4.92. The fraction of sp³-hybridized carbons (Fsp3) is 0.625. The molecule has 17 heavy (non-hydrogen) atoms. The van der Waals surface area contributed by atoms with E-state index >= 15 is 0 Å². The predicted molar refractivity (Wildman–Crippen MR) is 77.3 cm³/mol. The Morgan fingerprint density at radius 1 is 0.824 bits per heavy atom. The van der Waals surface area contributed by atoms with Crippen LogP contribution in [0.2, 0.25) is 0 Å². The molecule has 0 amide bonds. The van der Waals surface area contributed by atoms with Crippen LogP contribution in [0.3, 0.4) is 0 Å². The molecular formula is C16H28O. The average Bonchev–Trinajstić information content (AvgIpc) is 2.25. The van der Waals surface area contributed by atoms with Gasteiger partial charge in [-0.05, 0) is 53.4 Å². The van der Waals surface area contributed by atoms with E-state index in [4.69, 9.17) is 4.74 Å². The van der Waals surface area contributed by atoms with Crippen molar-refractivity contribution in [1.29, 1.82) is 0 Å². The first-order chi connectivity index (χ1) is 8.06. The maximum atomic E-state index is 5.02. The van der Waals surface area contributed by atoms with Crippen molar-refractivity contribution in [3.05, 3.63) is 34.9 Å². The van der Waals surface area contributed by atoms with Crippen LogP contribution >= 0.6 is 0 Å². The van der Waals surface area contributed by atoms with Crippen LogP contribution in [0.5, 0.6) is 0 Å². The Balaban J connectivity index is 3.80. The monoisotopic (exact) mass is 236 g/mol. The SMILES string of the molecule is COCC=C(C)CCC=C(C)CCC=C(C)C. The zero-order chi connectivity index (χ0) is 13.1. The van der Waals surface area contributed by atoms with Gasteiger partial charge in [-0.2, -0.15) is 0 Å². The lowest BCUT2D eigenvalue weighted by Crippen LogP contribution is -1.85. The Kier molecular flexibility index (Phi) is 9.84. The molecular weight excluding hydrogens is 208 g/mol. The summed E-state index contributed by atoms with van der Waals surface area (Å²) in [4.78, 5) is 0. The smallest absolute Gasteiger partial charge is 0.0646 e. The fourth-order valence-electron chi connectivity index (χ4n) is 1.56. The van der Waals surface area contributed by atoms with Crippen LogP contribution in [0.25, 0.3) is 0 Å². The molecule has 0 aromatic rings. The van der Waals surface area contributed by atoms with Crippen molar-refractivity contribution in [1.82, 2.24) is 0 Å². The number of rotatable bonds is 8. The molecule has 0 aliphatic rings. The van der Waals surface area contributed by atoms with Crippen LogP contribution in [0, 0.1) is 0 Å². The van der Waals surface area contributed by atoms with Crippen LogP contribution < -0.4 is 0 Å². The molecule has 0 radical (unpaired) electrons. The number of methoxy groups -OCH3 is 1. The van der Waals surface area contributed by atoms with Crippen LogP contribution in [-0.4, -0.2) is 13.7 Å². The largest absolute Gasteiger partial charge is 0.381 e. The summed E-state index contributed by atoms with van der Waals surface area (Å²) in [5, 5.41) is 0. The Bertz CT molecular complexity index is 278. The molecule has 98 valence electrons. The highest BCUT2D eigenvalue weighted by molar-refractivity contribution is 5.05. The number of hydrogen-bond acceptors (Lipinski definition) is 1. The summed E-state index contributed by atoms with van der Waals surface area (Å²) in [6, 6.07) is 0. The topological polar surface area (TPSA) is 9.23 Å². The quantitative estimate of drug-likeness (QED) is 0.536. The van der Waals surface area contributed by atoms with E-state index < -0.39 is 0 Å². The highest BCUT2D eigenvalue weighted by Crippen LogP contribution is 2.11. The van der Waals surface area contributed by atoms with Crippen LogP contribution in [0.4, 0.5) is 0 Å². The number of hydrogen-bond donors (Lipinski definition) is 0. The molecule has 0 bridgehead atoms. The minimum Gasteiger partial charge on any atom is -0.381 e. The van der Waals surface area contributed by atoms with Gasteiger partial charge in [0.25, 0.3) is 0 Å². The molecule has 0 unspecified atom stereocenters. The zero-order valence-corrected chi connectivity index (χ0v) is 12.2. The lowest BCUT2D eigenvalue weighted by molar-refractivity contribution is 0.233. The maximum absolute atomic E-state index is 5.02. The van der Waals surface area contributed by atoms with Crippen molar-refractivity contribution in [3.63, 3.8) is 0 Å². The van der Waals surface area contributed by atoms with E-state index in [1.54, 1.807) is 7.11 Å². The molecule has 0 saturated heterocycles. The molecule has 0 heterocycles. The lowest BCUT2D eigenvalue weighted by atomic mass is 10.1. The first kappa shape index (κ1) is 16.2. The highest BCUT2D eigenvalue weighted by Gasteiger charge is 1.91. The third kappa shape index (κ3) is 11.4. The molecule has 0 aromatic heterocycles. The molecule has 1 nitrogen and oxygen atoms in total. The van der Waals surface area contributed by atoms with Crippen LogP contribution in [0.15, 0.2) is 34.9 Å². The summed E-state index contributed by atoms with van der Waals surface area (Å²) in [6.07, 6.45) is 11.5. The van der Waals surface area contributed by atoms with E-state index in [1.807, 2.05) is 0 Å². The van der Waals surface area contributed by atoms with E-state index in [0.29, 0.717) is 0 Å². The predicted octanol–water partition coefficient (Wildman–Crippen LogP) is 5.05. The van der Waals surface area contributed by atoms with Gasteiger partial charge in [0.2, 0.25) is 0 Å². The summed E-state index contributed by atoms with van der Waals surface area (Å²) in [7, 11) is 1.73. The van der Waals surface area contributed by atoms with E-state index in [2.05, 4.69) is 45.9 Å². The highest BCUT2D eigenvalue weighted by atomic mass is 16.5.